The van der Waals surface area contributed by atoms with Gasteiger partial charge in [-0.2, -0.15) is 5.26 Å². The van der Waals surface area contributed by atoms with E-state index >= 15 is 0 Å². The van der Waals surface area contributed by atoms with Crippen LogP contribution < -0.4 is 5.73 Å². The van der Waals surface area contributed by atoms with Gasteiger partial charge in [-0.1, -0.05) is 19.8 Å². The van der Waals surface area contributed by atoms with Crippen LogP contribution in [0.2, 0.25) is 0 Å². The number of hydrogen-bond donors (Lipinski definition) is 1. The van der Waals surface area contributed by atoms with E-state index in [0.717, 1.165) is 25.4 Å². The molecule has 3 heteroatoms. The van der Waals surface area contributed by atoms with Crippen LogP contribution in [0.3, 0.4) is 0 Å². The fraction of sp³-hybridized carbons (Fsp3) is 0.929. The fourth-order valence-electron chi connectivity index (χ4n) is 2.73. The molecule has 3 nitrogen and oxygen atoms in total. The van der Waals surface area contributed by atoms with Crippen LogP contribution in [-0.4, -0.2) is 29.6 Å². The van der Waals surface area contributed by atoms with Gasteiger partial charge in [0.2, 0.25) is 0 Å². The molecule has 0 heterocycles. The second-order valence-electron chi connectivity index (χ2n) is 5.55. The molecule has 0 amide bonds. The lowest BCUT2D eigenvalue weighted by atomic mass is 9.98. The summed E-state index contributed by atoms with van der Waals surface area (Å²) in [5.41, 5.74) is 5.18. The molecule has 17 heavy (non-hydrogen) atoms. The quantitative estimate of drug-likeness (QED) is 0.693. The van der Waals surface area contributed by atoms with Gasteiger partial charge in [-0.15, -0.1) is 0 Å². The lowest BCUT2D eigenvalue weighted by Gasteiger charge is -2.27. The Morgan fingerprint density at radius 2 is 2.00 bits per heavy atom. The van der Waals surface area contributed by atoms with Crippen molar-refractivity contribution in [3.8, 4) is 6.07 Å². The minimum absolute atomic E-state index is 0.635. The first kappa shape index (κ1) is 14.5. The van der Waals surface area contributed by atoms with Crippen LogP contribution in [0.5, 0.6) is 0 Å². The van der Waals surface area contributed by atoms with Gasteiger partial charge in [0.1, 0.15) is 5.54 Å². The van der Waals surface area contributed by atoms with Gasteiger partial charge in [0.15, 0.2) is 0 Å². The number of hydrogen-bond acceptors (Lipinski definition) is 3. The summed E-state index contributed by atoms with van der Waals surface area (Å²) in [6, 6.07) is 2.98. The highest BCUT2D eigenvalue weighted by Crippen LogP contribution is 2.23. The Balaban J connectivity index is 2.18. The van der Waals surface area contributed by atoms with E-state index in [4.69, 9.17) is 11.0 Å². The van der Waals surface area contributed by atoms with Crippen molar-refractivity contribution >= 4 is 0 Å². The molecule has 1 atom stereocenters. The van der Waals surface area contributed by atoms with Crippen LogP contribution in [0, 0.1) is 11.3 Å². The van der Waals surface area contributed by atoms with Crippen molar-refractivity contribution in [2.45, 2.75) is 70.4 Å². The lowest BCUT2D eigenvalue weighted by Crippen LogP contribution is -2.35. The SMILES string of the molecule is CCN(CCCCC(C)(N)C#N)C1CCCC1. The molecule has 0 bridgehead atoms. The number of unbranched alkanes of at least 4 members (excludes halogenated alkanes) is 1. The molecule has 0 aromatic carbocycles. The van der Waals surface area contributed by atoms with E-state index < -0.39 is 5.54 Å². The predicted octanol–water partition coefficient (Wildman–Crippen LogP) is 2.66. The third-order valence-electron chi connectivity index (χ3n) is 3.89. The molecule has 98 valence electrons. The fourth-order valence-corrected chi connectivity index (χ4v) is 2.73. The van der Waals surface area contributed by atoms with Crippen molar-refractivity contribution in [1.29, 1.82) is 5.26 Å². The highest BCUT2D eigenvalue weighted by molar-refractivity contribution is 5.00. The summed E-state index contributed by atoms with van der Waals surface area (Å²) in [4.78, 5) is 2.60. The molecule has 0 aliphatic heterocycles. The van der Waals surface area contributed by atoms with Crippen LogP contribution >= 0.6 is 0 Å². The molecule has 0 saturated heterocycles. The topological polar surface area (TPSA) is 53.0 Å². The van der Waals surface area contributed by atoms with Gasteiger partial charge in [-0.25, -0.2) is 0 Å². The second-order valence-corrected chi connectivity index (χ2v) is 5.55. The molecule has 1 saturated carbocycles. The molecule has 2 N–H and O–H groups in total. The van der Waals surface area contributed by atoms with Crippen molar-refractivity contribution < 1.29 is 0 Å². The van der Waals surface area contributed by atoms with Gasteiger partial charge < -0.3 is 10.6 Å². The van der Waals surface area contributed by atoms with Crippen molar-refractivity contribution in [3.05, 3.63) is 0 Å². The molecule has 0 radical (unpaired) electrons. The third kappa shape index (κ3) is 5.06. The van der Waals surface area contributed by atoms with Gasteiger partial charge in [-0.05, 0) is 52.1 Å². The van der Waals surface area contributed by atoms with E-state index in [2.05, 4.69) is 17.9 Å². The Labute approximate surface area is 106 Å². The number of nitrogens with two attached hydrogens (primary N) is 1. The summed E-state index contributed by atoms with van der Waals surface area (Å²) in [6.07, 6.45) is 8.59. The summed E-state index contributed by atoms with van der Waals surface area (Å²) >= 11 is 0. The molecule has 1 fully saturated rings. The van der Waals surface area contributed by atoms with E-state index in [1.54, 1.807) is 0 Å². The number of nitriles is 1. The Bertz CT molecular complexity index is 249. The first-order valence-electron chi connectivity index (χ1n) is 7.03. The maximum Gasteiger partial charge on any atom is 0.101 e. The molecule has 1 aliphatic carbocycles. The van der Waals surface area contributed by atoms with Crippen LogP contribution in [0.1, 0.15) is 58.8 Å². The number of nitrogens with zero attached hydrogens (tertiary/aromatic N) is 2. The molecule has 1 unspecified atom stereocenters. The normalized spacial score (nSPS) is 20.4. The van der Waals surface area contributed by atoms with E-state index in [9.17, 15) is 0 Å². The average Bonchev–Trinajstić information content (AvgIpc) is 2.83. The highest BCUT2D eigenvalue weighted by atomic mass is 15.1. The van der Waals surface area contributed by atoms with Gasteiger partial charge in [0, 0.05) is 6.04 Å². The monoisotopic (exact) mass is 237 g/mol. The van der Waals surface area contributed by atoms with Crippen LogP contribution in [0.15, 0.2) is 0 Å². The highest BCUT2D eigenvalue weighted by Gasteiger charge is 2.21. The van der Waals surface area contributed by atoms with E-state index in [-0.39, 0.29) is 0 Å². The van der Waals surface area contributed by atoms with E-state index in [1.165, 1.54) is 38.6 Å². The third-order valence-corrected chi connectivity index (χ3v) is 3.89. The summed E-state index contributed by atoms with van der Waals surface area (Å²) in [5.74, 6) is 0. The van der Waals surface area contributed by atoms with Gasteiger partial charge in [0.25, 0.3) is 0 Å². The van der Waals surface area contributed by atoms with Crippen LogP contribution in [0.4, 0.5) is 0 Å². The molecule has 0 aromatic rings. The maximum atomic E-state index is 8.84. The first-order chi connectivity index (χ1) is 8.09. The van der Waals surface area contributed by atoms with Crippen LogP contribution in [-0.2, 0) is 0 Å². The standard InChI is InChI=1S/C14H27N3/c1-3-17(13-8-4-5-9-13)11-7-6-10-14(2,16)12-15/h13H,3-11,16H2,1-2H3. The maximum absolute atomic E-state index is 8.84. The smallest absolute Gasteiger partial charge is 0.101 e. The summed E-state index contributed by atoms with van der Waals surface area (Å²) in [7, 11) is 0. The molecule has 1 rings (SSSR count). The van der Waals surface area contributed by atoms with Crippen LogP contribution in [0.25, 0.3) is 0 Å². The predicted molar refractivity (Wildman–Crippen MR) is 71.6 cm³/mol. The van der Waals surface area contributed by atoms with Crippen molar-refractivity contribution in [2.24, 2.45) is 5.73 Å². The minimum atomic E-state index is -0.635. The lowest BCUT2D eigenvalue weighted by molar-refractivity contribution is 0.203. The van der Waals surface area contributed by atoms with Crippen molar-refractivity contribution in [1.82, 2.24) is 4.90 Å². The number of rotatable bonds is 7. The Hall–Kier alpha value is -0.590. The van der Waals surface area contributed by atoms with Gasteiger partial charge in [-0.3, -0.25) is 0 Å². The van der Waals surface area contributed by atoms with Crippen molar-refractivity contribution in [2.75, 3.05) is 13.1 Å². The van der Waals surface area contributed by atoms with Gasteiger partial charge in [0.05, 0.1) is 6.07 Å². The summed E-state index contributed by atoms with van der Waals surface area (Å²) in [6.45, 7) is 6.40. The van der Waals surface area contributed by atoms with E-state index in [1.807, 2.05) is 6.92 Å². The van der Waals surface area contributed by atoms with Gasteiger partial charge >= 0.3 is 0 Å². The Kier molecular flexibility index (Phi) is 5.94. The molecule has 1 aliphatic rings. The Morgan fingerprint density at radius 1 is 1.35 bits per heavy atom. The summed E-state index contributed by atoms with van der Waals surface area (Å²) in [5, 5.41) is 8.84. The Morgan fingerprint density at radius 3 is 2.53 bits per heavy atom. The average molecular weight is 237 g/mol. The minimum Gasteiger partial charge on any atom is -0.314 e. The molecular formula is C14H27N3. The second kappa shape index (κ2) is 6.98. The zero-order valence-electron chi connectivity index (χ0n) is 11.4. The summed E-state index contributed by atoms with van der Waals surface area (Å²) < 4.78 is 0. The molecule has 0 aromatic heterocycles. The largest absolute Gasteiger partial charge is 0.314 e. The van der Waals surface area contributed by atoms with E-state index in [0.29, 0.717) is 0 Å². The van der Waals surface area contributed by atoms with Crippen molar-refractivity contribution in [3.63, 3.8) is 0 Å². The zero-order valence-corrected chi connectivity index (χ0v) is 11.4. The zero-order chi connectivity index (χ0) is 12.7. The molecular weight excluding hydrogens is 210 g/mol. The molecule has 0 spiro atoms. The first-order valence-corrected chi connectivity index (χ1v) is 7.03.